The summed E-state index contributed by atoms with van der Waals surface area (Å²) in [7, 11) is -1.65. The summed E-state index contributed by atoms with van der Waals surface area (Å²) < 4.78 is 6.61. The molecule has 0 aromatic rings. The van der Waals surface area contributed by atoms with Crippen LogP contribution in [0.2, 0.25) is 24.7 Å². The van der Waals surface area contributed by atoms with E-state index >= 15 is 0 Å². The van der Waals surface area contributed by atoms with Crippen LogP contribution in [-0.4, -0.2) is 20.3 Å². The van der Waals surface area contributed by atoms with E-state index in [1.54, 1.807) is 0 Å². The van der Waals surface area contributed by atoms with E-state index in [0.717, 1.165) is 4.48 Å². The highest BCUT2D eigenvalue weighted by Gasteiger charge is 2.66. The van der Waals surface area contributed by atoms with Crippen LogP contribution in [0.5, 0.6) is 0 Å². The Hall–Kier alpha value is -0.373. The van der Waals surface area contributed by atoms with Crippen molar-refractivity contribution in [2.24, 2.45) is 0 Å². The molecular formula is C11H14BrNOSi. The summed E-state index contributed by atoms with van der Waals surface area (Å²) in [5.74, 6) is 0. The van der Waals surface area contributed by atoms with E-state index in [1.165, 1.54) is 0 Å². The number of hydrogen-bond donors (Lipinski definition) is 0. The Bertz CT molecular complexity index is 398. The topological polar surface area (TPSA) is 36.3 Å². The van der Waals surface area contributed by atoms with Crippen molar-refractivity contribution in [3.05, 3.63) is 22.7 Å². The Morgan fingerprint density at radius 2 is 2.13 bits per heavy atom. The molecule has 1 aliphatic carbocycles. The Morgan fingerprint density at radius 1 is 1.53 bits per heavy atom. The van der Waals surface area contributed by atoms with Crippen LogP contribution in [0.1, 0.15) is 0 Å². The van der Waals surface area contributed by atoms with Gasteiger partial charge in [-0.15, -0.1) is 0 Å². The summed E-state index contributed by atoms with van der Waals surface area (Å²) in [6.07, 6.45) is 6.07. The van der Waals surface area contributed by atoms with E-state index in [-0.39, 0.29) is 5.60 Å². The molecule has 0 aromatic carbocycles. The van der Waals surface area contributed by atoms with Gasteiger partial charge in [-0.2, -0.15) is 5.26 Å². The summed E-state index contributed by atoms with van der Waals surface area (Å²) in [6.45, 7) is 7.33. The van der Waals surface area contributed by atoms with Gasteiger partial charge in [-0.05, 0) is 6.08 Å². The average Bonchev–Trinajstić information content (AvgIpc) is 2.84. The molecule has 1 saturated heterocycles. The van der Waals surface area contributed by atoms with Gasteiger partial charge in [-0.1, -0.05) is 47.7 Å². The van der Waals surface area contributed by atoms with Crippen LogP contribution in [0, 0.1) is 11.3 Å². The van der Waals surface area contributed by atoms with Gasteiger partial charge in [0.05, 0.1) is 20.7 Å². The molecule has 2 rings (SSSR count). The van der Waals surface area contributed by atoms with Crippen LogP contribution < -0.4 is 0 Å². The van der Waals surface area contributed by atoms with E-state index in [0.29, 0.717) is 6.61 Å². The van der Waals surface area contributed by atoms with Crippen molar-refractivity contribution in [3.63, 3.8) is 0 Å². The lowest BCUT2D eigenvalue weighted by Crippen LogP contribution is -2.47. The maximum Gasteiger partial charge on any atom is 0.130 e. The van der Waals surface area contributed by atoms with E-state index in [1.807, 2.05) is 12.2 Å². The van der Waals surface area contributed by atoms with Gasteiger partial charge in [-0.3, -0.25) is 0 Å². The molecule has 0 radical (unpaired) electrons. The predicted octanol–water partition coefficient (Wildman–Crippen LogP) is 3.21. The molecule has 0 amide bonds. The predicted molar refractivity (Wildman–Crippen MR) is 66.5 cm³/mol. The molecule has 4 heteroatoms. The van der Waals surface area contributed by atoms with Crippen LogP contribution >= 0.6 is 15.9 Å². The standard InChI is InChI=1S/C11H14BrNOSi/c1-15(2,3)11(7-13)5-4-9(12)6-10(11)8-14-10/h4-6H,8H2,1-3H3/t10-,11+/m0/s1. The summed E-state index contributed by atoms with van der Waals surface area (Å²) in [5, 5.41) is 9.13. The van der Waals surface area contributed by atoms with Crippen molar-refractivity contribution in [1.82, 2.24) is 0 Å². The highest BCUT2D eigenvalue weighted by Crippen LogP contribution is 2.60. The van der Waals surface area contributed by atoms with E-state index in [4.69, 9.17) is 4.74 Å². The third-order valence-corrected chi connectivity index (χ3v) is 6.91. The minimum absolute atomic E-state index is 0.347. The molecule has 2 nitrogen and oxygen atoms in total. The van der Waals surface area contributed by atoms with Crippen LogP contribution in [0.3, 0.4) is 0 Å². The second kappa shape index (κ2) is 3.06. The molecule has 15 heavy (non-hydrogen) atoms. The maximum absolute atomic E-state index is 9.55. The fourth-order valence-electron chi connectivity index (χ4n) is 2.30. The van der Waals surface area contributed by atoms with E-state index in [2.05, 4.69) is 47.7 Å². The summed E-state index contributed by atoms with van der Waals surface area (Å²) >= 11 is 3.45. The van der Waals surface area contributed by atoms with Gasteiger partial charge in [0.1, 0.15) is 10.6 Å². The highest BCUT2D eigenvalue weighted by molar-refractivity contribution is 9.11. The molecule has 1 fully saturated rings. The van der Waals surface area contributed by atoms with Crippen LogP contribution in [0.15, 0.2) is 22.7 Å². The fraction of sp³-hybridized carbons (Fsp3) is 0.545. The first-order chi connectivity index (χ1) is 6.87. The Kier molecular flexibility index (Phi) is 2.27. The zero-order valence-electron chi connectivity index (χ0n) is 9.17. The van der Waals surface area contributed by atoms with E-state index < -0.39 is 13.1 Å². The Morgan fingerprint density at radius 3 is 2.53 bits per heavy atom. The molecule has 0 aromatic heterocycles. The molecule has 1 aliphatic heterocycles. The molecule has 2 aliphatic rings. The van der Waals surface area contributed by atoms with Crippen molar-refractivity contribution < 1.29 is 4.74 Å². The van der Waals surface area contributed by atoms with Gasteiger partial charge < -0.3 is 4.74 Å². The quantitative estimate of drug-likeness (QED) is 0.547. The number of nitriles is 1. The second-order valence-electron chi connectivity index (χ2n) is 5.21. The van der Waals surface area contributed by atoms with Crippen LogP contribution in [0.4, 0.5) is 0 Å². The van der Waals surface area contributed by atoms with Gasteiger partial charge in [0.2, 0.25) is 0 Å². The fourth-order valence-corrected chi connectivity index (χ4v) is 5.21. The molecule has 0 unspecified atom stereocenters. The number of hydrogen-bond acceptors (Lipinski definition) is 2. The summed E-state index contributed by atoms with van der Waals surface area (Å²) in [5.41, 5.74) is -0.347. The third kappa shape index (κ3) is 1.37. The molecule has 1 spiro atoms. The minimum atomic E-state index is -1.65. The van der Waals surface area contributed by atoms with Gasteiger partial charge in [0, 0.05) is 4.48 Å². The van der Waals surface area contributed by atoms with Crippen molar-refractivity contribution >= 4 is 24.0 Å². The lowest BCUT2D eigenvalue weighted by molar-refractivity contribution is 0.324. The van der Waals surface area contributed by atoms with E-state index in [9.17, 15) is 5.26 Å². The smallest absolute Gasteiger partial charge is 0.130 e. The summed E-state index contributed by atoms with van der Waals surface area (Å²) in [4.78, 5) is 0. The number of allylic oxidation sites excluding steroid dienone is 2. The third-order valence-electron chi connectivity index (χ3n) is 3.35. The second-order valence-corrected chi connectivity index (χ2v) is 11.4. The molecule has 0 bridgehead atoms. The molecule has 80 valence electrons. The van der Waals surface area contributed by atoms with Gasteiger partial charge in [-0.25, -0.2) is 0 Å². The van der Waals surface area contributed by atoms with Crippen molar-refractivity contribution in [2.45, 2.75) is 30.3 Å². The molecule has 0 N–H and O–H groups in total. The first-order valence-corrected chi connectivity index (χ1v) is 9.29. The number of nitrogens with zero attached hydrogens (tertiary/aromatic N) is 1. The monoisotopic (exact) mass is 283 g/mol. The average molecular weight is 284 g/mol. The summed E-state index contributed by atoms with van der Waals surface area (Å²) in [6, 6.07) is 2.52. The Balaban J connectivity index is 2.54. The zero-order chi connectivity index (χ0) is 11.3. The highest BCUT2D eigenvalue weighted by atomic mass is 79.9. The lowest BCUT2D eigenvalue weighted by Gasteiger charge is -2.40. The largest absolute Gasteiger partial charge is 0.363 e. The van der Waals surface area contributed by atoms with Gasteiger partial charge >= 0.3 is 0 Å². The molecule has 1 heterocycles. The number of ether oxygens (including phenoxy) is 1. The number of rotatable bonds is 1. The zero-order valence-corrected chi connectivity index (χ0v) is 11.8. The van der Waals surface area contributed by atoms with Gasteiger partial charge in [0.15, 0.2) is 0 Å². The first kappa shape index (κ1) is 11.1. The molecular weight excluding hydrogens is 270 g/mol. The maximum atomic E-state index is 9.55. The lowest BCUT2D eigenvalue weighted by atomic mass is 9.88. The van der Waals surface area contributed by atoms with Crippen molar-refractivity contribution in [3.8, 4) is 6.07 Å². The van der Waals surface area contributed by atoms with Crippen LogP contribution in [0.25, 0.3) is 0 Å². The molecule has 2 atom stereocenters. The number of halogens is 1. The Labute approximate surface area is 99.8 Å². The SMILES string of the molecule is C[Si](C)(C)[C@@]1(C#N)C=CC(Br)=C[C@]12CO2. The minimum Gasteiger partial charge on any atom is -0.363 e. The molecule has 0 saturated carbocycles. The van der Waals surface area contributed by atoms with Crippen LogP contribution in [-0.2, 0) is 4.74 Å². The first-order valence-electron chi connectivity index (χ1n) is 5.00. The van der Waals surface area contributed by atoms with Crippen molar-refractivity contribution in [2.75, 3.05) is 6.61 Å². The normalized spacial score (nSPS) is 38.7. The van der Waals surface area contributed by atoms with Crippen molar-refractivity contribution in [1.29, 1.82) is 5.26 Å². The number of epoxide rings is 1. The van der Waals surface area contributed by atoms with Gasteiger partial charge in [0.25, 0.3) is 0 Å².